The Labute approximate surface area is 108 Å². The van der Waals surface area contributed by atoms with Gasteiger partial charge in [0.1, 0.15) is 0 Å². The zero-order valence-corrected chi connectivity index (χ0v) is 11.4. The van der Waals surface area contributed by atoms with Crippen LogP contribution >= 0.6 is 15.9 Å². The Morgan fingerprint density at radius 1 is 1.47 bits per heavy atom. The molecule has 0 radical (unpaired) electrons. The van der Waals surface area contributed by atoms with Gasteiger partial charge >= 0.3 is 5.97 Å². The molecule has 4 heteroatoms. The summed E-state index contributed by atoms with van der Waals surface area (Å²) in [6, 6.07) is 8.00. The largest absolute Gasteiger partial charge is 0.481 e. The highest BCUT2D eigenvalue weighted by Crippen LogP contribution is 2.30. The quantitative estimate of drug-likeness (QED) is 0.942. The minimum Gasteiger partial charge on any atom is -0.481 e. The van der Waals surface area contributed by atoms with Gasteiger partial charge in [-0.2, -0.15) is 0 Å². The van der Waals surface area contributed by atoms with Crippen molar-refractivity contribution in [3.63, 3.8) is 0 Å². The molecule has 0 aliphatic heterocycles. The molecule has 0 bridgehead atoms. The van der Waals surface area contributed by atoms with Crippen LogP contribution in [0.25, 0.3) is 10.9 Å². The number of carboxylic acids is 1. The number of aliphatic carboxylic acids is 1. The number of carboxylic acid groups (broad SMARTS) is 1. The van der Waals surface area contributed by atoms with Crippen LogP contribution in [-0.2, 0) is 11.3 Å². The van der Waals surface area contributed by atoms with Gasteiger partial charge < -0.3 is 9.67 Å². The van der Waals surface area contributed by atoms with E-state index >= 15 is 0 Å². The van der Waals surface area contributed by atoms with E-state index in [1.54, 1.807) is 6.92 Å². The predicted octanol–water partition coefficient (Wildman–Crippen LogP) is 3.43. The number of benzene rings is 1. The van der Waals surface area contributed by atoms with Crippen molar-refractivity contribution in [2.45, 2.75) is 20.4 Å². The first kappa shape index (κ1) is 12.2. The van der Waals surface area contributed by atoms with Crippen LogP contribution in [0.1, 0.15) is 12.6 Å². The summed E-state index contributed by atoms with van der Waals surface area (Å²) in [4.78, 5) is 10.9. The zero-order chi connectivity index (χ0) is 12.6. The van der Waals surface area contributed by atoms with Crippen LogP contribution in [0, 0.1) is 12.8 Å². The van der Waals surface area contributed by atoms with Gasteiger partial charge in [-0.25, -0.2) is 0 Å². The van der Waals surface area contributed by atoms with E-state index in [2.05, 4.69) is 20.5 Å². The van der Waals surface area contributed by atoms with Gasteiger partial charge in [0.2, 0.25) is 0 Å². The van der Waals surface area contributed by atoms with Gasteiger partial charge in [0.05, 0.1) is 5.92 Å². The lowest BCUT2D eigenvalue weighted by atomic mass is 10.2. The lowest BCUT2D eigenvalue weighted by Gasteiger charge is -2.11. The standard InChI is InChI=1S/C13H14BrNO2/c1-8(13(16)17)7-15-9(2)12(14)10-5-3-4-6-11(10)15/h3-6,8H,7H2,1-2H3,(H,16,17). The number of hydrogen-bond acceptors (Lipinski definition) is 1. The molecule has 0 aliphatic carbocycles. The summed E-state index contributed by atoms with van der Waals surface area (Å²) >= 11 is 3.56. The highest BCUT2D eigenvalue weighted by molar-refractivity contribution is 9.10. The maximum absolute atomic E-state index is 10.9. The summed E-state index contributed by atoms with van der Waals surface area (Å²) in [5.74, 6) is -1.16. The number of aromatic nitrogens is 1. The van der Waals surface area contributed by atoms with E-state index in [1.165, 1.54) is 0 Å². The van der Waals surface area contributed by atoms with Gasteiger partial charge in [-0.1, -0.05) is 25.1 Å². The van der Waals surface area contributed by atoms with Crippen molar-refractivity contribution in [1.82, 2.24) is 4.57 Å². The molecule has 0 spiro atoms. The first-order valence-electron chi connectivity index (χ1n) is 5.48. The number of hydrogen-bond donors (Lipinski definition) is 1. The van der Waals surface area contributed by atoms with Crippen LogP contribution < -0.4 is 0 Å². The van der Waals surface area contributed by atoms with Gasteiger partial charge in [0, 0.05) is 27.6 Å². The molecule has 0 saturated carbocycles. The minimum atomic E-state index is -0.765. The smallest absolute Gasteiger partial charge is 0.308 e. The van der Waals surface area contributed by atoms with E-state index in [0.29, 0.717) is 6.54 Å². The topological polar surface area (TPSA) is 42.2 Å². The number of nitrogens with zero attached hydrogens (tertiary/aromatic N) is 1. The molecular weight excluding hydrogens is 282 g/mol. The fraction of sp³-hybridized carbons (Fsp3) is 0.308. The van der Waals surface area contributed by atoms with Crippen molar-refractivity contribution in [2.24, 2.45) is 5.92 Å². The van der Waals surface area contributed by atoms with E-state index in [-0.39, 0.29) is 0 Å². The van der Waals surface area contributed by atoms with Crippen molar-refractivity contribution in [2.75, 3.05) is 0 Å². The molecule has 17 heavy (non-hydrogen) atoms. The van der Waals surface area contributed by atoms with Crippen molar-refractivity contribution in [3.8, 4) is 0 Å². The third-order valence-electron chi connectivity index (χ3n) is 3.03. The maximum atomic E-state index is 10.9. The second-order valence-corrected chi connectivity index (χ2v) is 5.06. The molecule has 2 aromatic rings. The summed E-state index contributed by atoms with van der Waals surface area (Å²) in [7, 11) is 0. The van der Waals surface area contributed by atoms with Crippen molar-refractivity contribution < 1.29 is 9.90 Å². The number of carbonyl (C=O) groups is 1. The SMILES string of the molecule is Cc1c(Br)c2ccccc2n1CC(C)C(=O)O. The van der Waals surface area contributed by atoms with E-state index in [0.717, 1.165) is 21.1 Å². The van der Waals surface area contributed by atoms with Crippen molar-refractivity contribution in [3.05, 3.63) is 34.4 Å². The highest BCUT2D eigenvalue weighted by atomic mass is 79.9. The summed E-state index contributed by atoms with van der Waals surface area (Å²) in [6.45, 7) is 4.22. The average molecular weight is 296 g/mol. The van der Waals surface area contributed by atoms with Crippen molar-refractivity contribution >= 4 is 32.8 Å². The van der Waals surface area contributed by atoms with Crippen LogP contribution in [0.15, 0.2) is 28.7 Å². The Kier molecular flexibility index (Phi) is 3.24. The molecule has 1 unspecified atom stereocenters. The lowest BCUT2D eigenvalue weighted by molar-refractivity contribution is -0.141. The van der Waals surface area contributed by atoms with Crippen LogP contribution in [0.2, 0.25) is 0 Å². The van der Waals surface area contributed by atoms with Gasteiger partial charge in [-0.05, 0) is 28.9 Å². The first-order chi connectivity index (χ1) is 8.02. The van der Waals surface area contributed by atoms with Gasteiger partial charge in [0.25, 0.3) is 0 Å². The predicted molar refractivity (Wildman–Crippen MR) is 71.2 cm³/mol. The fourth-order valence-corrected chi connectivity index (χ4v) is 2.53. The second-order valence-electron chi connectivity index (χ2n) is 4.27. The molecule has 90 valence electrons. The average Bonchev–Trinajstić information content (AvgIpc) is 2.55. The monoisotopic (exact) mass is 295 g/mol. The molecule has 1 aromatic heterocycles. The molecule has 1 heterocycles. The van der Waals surface area contributed by atoms with Gasteiger partial charge in [-0.15, -0.1) is 0 Å². The maximum Gasteiger partial charge on any atom is 0.308 e. The molecule has 0 saturated heterocycles. The highest BCUT2D eigenvalue weighted by Gasteiger charge is 2.17. The minimum absolute atomic E-state index is 0.392. The molecular formula is C13H14BrNO2. The van der Waals surface area contributed by atoms with Crippen LogP contribution in [0.5, 0.6) is 0 Å². The summed E-state index contributed by atoms with van der Waals surface area (Å²) in [5, 5.41) is 10.1. The van der Waals surface area contributed by atoms with E-state index < -0.39 is 11.9 Å². The van der Waals surface area contributed by atoms with Crippen LogP contribution in [-0.4, -0.2) is 15.6 Å². The Bertz CT molecular complexity index is 574. The van der Waals surface area contributed by atoms with Crippen LogP contribution in [0.3, 0.4) is 0 Å². The first-order valence-corrected chi connectivity index (χ1v) is 6.27. The second kappa shape index (κ2) is 4.53. The van der Waals surface area contributed by atoms with Crippen LogP contribution in [0.4, 0.5) is 0 Å². The van der Waals surface area contributed by atoms with E-state index in [1.807, 2.05) is 31.2 Å². The van der Waals surface area contributed by atoms with Gasteiger partial charge in [0.15, 0.2) is 0 Å². The Hall–Kier alpha value is -1.29. The Morgan fingerprint density at radius 3 is 2.76 bits per heavy atom. The lowest BCUT2D eigenvalue weighted by Crippen LogP contribution is -2.17. The summed E-state index contributed by atoms with van der Waals surface area (Å²) < 4.78 is 3.10. The number of para-hydroxylation sites is 1. The third-order valence-corrected chi connectivity index (χ3v) is 4.03. The zero-order valence-electron chi connectivity index (χ0n) is 9.77. The molecule has 0 aliphatic rings. The molecule has 0 fully saturated rings. The number of fused-ring (bicyclic) bond motifs is 1. The fourth-order valence-electron chi connectivity index (χ4n) is 1.98. The normalized spacial score (nSPS) is 12.9. The van der Waals surface area contributed by atoms with E-state index in [9.17, 15) is 4.79 Å². The van der Waals surface area contributed by atoms with Crippen molar-refractivity contribution in [1.29, 1.82) is 0 Å². The molecule has 1 N–H and O–H groups in total. The molecule has 3 nitrogen and oxygen atoms in total. The number of halogens is 1. The molecule has 0 amide bonds. The third kappa shape index (κ3) is 2.09. The summed E-state index contributed by atoms with van der Waals surface area (Å²) in [6.07, 6.45) is 0. The molecule has 1 atom stereocenters. The van der Waals surface area contributed by atoms with E-state index in [4.69, 9.17) is 5.11 Å². The summed E-state index contributed by atoms with van der Waals surface area (Å²) in [5.41, 5.74) is 2.14. The van der Waals surface area contributed by atoms with Gasteiger partial charge in [-0.3, -0.25) is 4.79 Å². The Balaban J connectivity index is 2.53. The Morgan fingerprint density at radius 2 is 2.12 bits per heavy atom. The molecule has 1 aromatic carbocycles. The molecule has 2 rings (SSSR count). The number of rotatable bonds is 3.